The van der Waals surface area contributed by atoms with Crippen LogP contribution in [-0.4, -0.2) is 10.2 Å². The number of halogens is 1. The van der Waals surface area contributed by atoms with E-state index in [2.05, 4.69) is 50.4 Å². The Morgan fingerprint density at radius 1 is 0.905 bits per heavy atom. The molecule has 0 saturated heterocycles. The molecule has 0 unspecified atom stereocenters. The van der Waals surface area contributed by atoms with Crippen molar-refractivity contribution in [3.63, 3.8) is 0 Å². The minimum Gasteiger partial charge on any atom is -0.416 e. The summed E-state index contributed by atoms with van der Waals surface area (Å²) in [7, 11) is 0. The van der Waals surface area contributed by atoms with E-state index in [0.717, 1.165) is 10.2 Å². The molecule has 0 N–H and O–H groups in total. The summed E-state index contributed by atoms with van der Waals surface area (Å²) in [6, 6.07) is 18.4. The maximum Gasteiger partial charge on any atom is 0.276 e. The smallest absolute Gasteiger partial charge is 0.276 e. The van der Waals surface area contributed by atoms with Crippen LogP contribution in [0.15, 0.2) is 68.7 Å². The van der Waals surface area contributed by atoms with Crippen LogP contribution in [0.5, 0.6) is 0 Å². The molecular weight excluding hydrogens is 348 g/mol. The lowest BCUT2D eigenvalue weighted by atomic mass is 10.2. The molecule has 0 spiro atoms. The fourth-order valence-corrected chi connectivity index (χ4v) is 2.86. The molecule has 3 nitrogen and oxygen atoms in total. The normalized spacial score (nSPS) is 10.7. The summed E-state index contributed by atoms with van der Waals surface area (Å²) in [4.78, 5) is 0. The van der Waals surface area contributed by atoms with Crippen molar-refractivity contribution in [1.29, 1.82) is 0 Å². The van der Waals surface area contributed by atoms with E-state index in [-0.39, 0.29) is 0 Å². The zero-order chi connectivity index (χ0) is 14.5. The first-order chi connectivity index (χ1) is 10.3. The third-order valence-electron chi connectivity index (χ3n) is 2.92. The largest absolute Gasteiger partial charge is 0.416 e. The van der Waals surface area contributed by atoms with Gasteiger partial charge in [0.2, 0.25) is 5.89 Å². The molecule has 0 amide bonds. The molecular formula is C16H13BrN2OS. The predicted molar refractivity (Wildman–Crippen MR) is 87.2 cm³/mol. The topological polar surface area (TPSA) is 38.9 Å². The van der Waals surface area contributed by atoms with E-state index < -0.39 is 0 Å². The van der Waals surface area contributed by atoms with Crippen LogP contribution in [0.4, 0.5) is 0 Å². The molecule has 0 atom stereocenters. The van der Waals surface area contributed by atoms with Gasteiger partial charge < -0.3 is 4.42 Å². The zero-order valence-corrected chi connectivity index (χ0v) is 13.6. The van der Waals surface area contributed by atoms with Gasteiger partial charge in [0, 0.05) is 10.2 Å². The van der Waals surface area contributed by atoms with Gasteiger partial charge in [-0.2, -0.15) is 0 Å². The molecule has 106 valence electrons. The third kappa shape index (κ3) is 4.19. The van der Waals surface area contributed by atoms with Gasteiger partial charge in [0.25, 0.3) is 5.22 Å². The van der Waals surface area contributed by atoms with E-state index in [1.54, 1.807) is 11.8 Å². The molecule has 21 heavy (non-hydrogen) atoms. The standard InChI is InChI=1S/C16H13BrN2OS/c17-14-8-6-13(7-9-14)11-21-16-19-18-15(20-16)10-12-4-2-1-3-5-12/h1-9H,10-11H2. The van der Waals surface area contributed by atoms with Crippen LogP contribution >= 0.6 is 27.7 Å². The van der Waals surface area contributed by atoms with E-state index in [1.165, 1.54) is 11.1 Å². The van der Waals surface area contributed by atoms with Crippen LogP contribution in [0.1, 0.15) is 17.0 Å². The van der Waals surface area contributed by atoms with Crippen molar-refractivity contribution in [1.82, 2.24) is 10.2 Å². The highest BCUT2D eigenvalue weighted by Gasteiger charge is 2.07. The number of rotatable bonds is 5. The lowest BCUT2D eigenvalue weighted by molar-refractivity contribution is 0.420. The highest BCUT2D eigenvalue weighted by molar-refractivity contribution is 9.10. The summed E-state index contributed by atoms with van der Waals surface area (Å²) >= 11 is 4.98. The molecule has 0 aliphatic carbocycles. The van der Waals surface area contributed by atoms with Crippen molar-refractivity contribution >= 4 is 27.7 Å². The van der Waals surface area contributed by atoms with E-state index >= 15 is 0 Å². The second-order valence-electron chi connectivity index (χ2n) is 4.54. The Morgan fingerprint density at radius 2 is 1.67 bits per heavy atom. The van der Waals surface area contributed by atoms with Crippen LogP contribution in [-0.2, 0) is 12.2 Å². The van der Waals surface area contributed by atoms with E-state index in [4.69, 9.17) is 4.42 Å². The van der Waals surface area contributed by atoms with Gasteiger partial charge in [0.15, 0.2) is 0 Å². The van der Waals surface area contributed by atoms with Crippen molar-refractivity contribution in [2.24, 2.45) is 0 Å². The Labute approximate surface area is 135 Å². The highest BCUT2D eigenvalue weighted by atomic mass is 79.9. The van der Waals surface area contributed by atoms with Crippen LogP contribution in [0.3, 0.4) is 0 Å². The summed E-state index contributed by atoms with van der Waals surface area (Å²) in [5.41, 5.74) is 2.40. The minimum absolute atomic E-state index is 0.615. The van der Waals surface area contributed by atoms with Crippen LogP contribution < -0.4 is 0 Å². The summed E-state index contributed by atoms with van der Waals surface area (Å²) in [6.07, 6.45) is 0.673. The van der Waals surface area contributed by atoms with Crippen molar-refractivity contribution in [3.8, 4) is 0 Å². The predicted octanol–water partition coefficient (Wildman–Crippen LogP) is 4.72. The summed E-state index contributed by atoms with van der Waals surface area (Å²) < 4.78 is 6.75. The van der Waals surface area contributed by atoms with Crippen molar-refractivity contribution in [2.45, 2.75) is 17.4 Å². The fourth-order valence-electron chi connectivity index (χ4n) is 1.86. The van der Waals surface area contributed by atoms with Gasteiger partial charge >= 0.3 is 0 Å². The van der Waals surface area contributed by atoms with Gasteiger partial charge in [-0.15, -0.1) is 10.2 Å². The molecule has 0 radical (unpaired) electrons. The van der Waals surface area contributed by atoms with Gasteiger partial charge in [-0.3, -0.25) is 0 Å². The van der Waals surface area contributed by atoms with Crippen LogP contribution in [0, 0.1) is 0 Å². The maximum absolute atomic E-state index is 5.66. The Hall–Kier alpha value is -1.59. The first kappa shape index (κ1) is 14.4. The average Bonchev–Trinajstić information content (AvgIpc) is 2.95. The monoisotopic (exact) mass is 360 g/mol. The quantitative estimate of drug-likeness (QED) is 0.617. The lowest BCUT2D eigenvalue weighted by Crippen LogP contribution is -1.87. The van der Waals surface area contributed by atoms with Gasteiger partial charge in [0.05, 0.1) is 6.42 Å². The Balaban J connectivity index is 1.59. The number of nitrogens with zero attached hydrogens (tertiary/aromatic N) is 2. The Bertz CT molecular complexity index is 698. The van der Waals surface area contributed by atoms with Gasteiger partial charge in [-0.05, 0) is 23.3 Å². The second-order valence-corrected chi connectivity index (χ2v) is 6.38. The fraction of sp³-hybridized carbons (Fsp3) is 0.125. The number of benzene rings is 2. The molecule has 0 fully saturated rings. The van der Waals surface area contributed by atoms with Gasteiger partial charge in [-0.25, -0.2) is 0 Å². The number of thioether (sulfide) groups is 1. The molecule has 3 rings (SSSR count). The van der Waals surface area contributed by atoms with E-state index in [0.29, 0.717) is 17.5 Å². The van der Waals surface area contributed by atoms with Gasteiger partial charge in [0.1, 0.15) is 0 Å². The SMILES string of the molecule is Brc1ccc(CSc2nnc(Cc3ccccc3)o2)cc1. The second kappa shape index (κ2) is 6.91. The summed E-state index contributed by atoms with van der Waals surface area (Å²) in [6.45, 7) is 0. The first-order valence-electron chi connectivity index (χ1n) is 6.53. The molecule has 3 aromatic rings. The summed E-state index contributed by atoms with van der Waals surface area (Å²) in [5, 5.41) is 8.79. The van der Waals surface area contributed by atoms with E-state index in [9.17, 15) is 0 Å². The van der Waals surface area contributed by atoms with Crippen molar-refractivity contribution in [3.05, 3.63) is 76.1 Å². The molecule has 0 bridgehead atoms. The van der Waals surface area contributed by atoms with Crippen molar-refractivity contribution in [2.75, 3.05) is 0 Å². The van der Waals surface area contributed by atoms with Crippen LogP contribution in [0.25, 0.3) is 0 Å². The lowest BCUT2D eigenvalue weighted by Gasteiger charge is -1.98. The number of hydrogen-bond acceptors (Lipinski definition) is 4. The number of hydrogen-bond donors (Lipinski definition) is 0. The van der Waals surface area contributed by atoms with Gasteiger partial charge in [-0.1, -0.05) is 70.2 Å². The molecule has 1 heterocycles. The molecule has 0 saturated carbocycles. The summed E-state index contributed by atoms with van der Waals surface area (Å²) in [5.74, 6) is 1.47. The maximum atomic E-state index is 5.66. The average molecular weight is 361 g/mol. The Kier molecular flexibility index (Phi) is 4.72. The third-order valence-corrected chi connectivity index (χ3v) is 4.34. The zero-order valence-electron chi connectivity index (χ0n) is 11.2. The first-order valence-corrected chi connectivity index (χ1v) is 8.31. The molecule has 2 aromatic carbocycles. The Morgan fingerprint density at radius 3 is 2.43 bits per heavy atom. The van der Waals surface area contributed by atoms with Crippen LogP contribution in [0.2, 0.25) is 0 Å². The molecule has 0 aliphatic heterocycles. The number of aromatic nitrogens is 2. The molecule has 5 heteroatoms. The molecule has 1 aromatic heterocycles. The van der Waals surface area contributed by atoms with Crippen molar-refractivity contribution < 1.29 is 4.42 Å². The molecule has 0 aliphatic rings. The van der Waals surface area contributed by atoms with E-state index in [1.807, 2.05) is 30.3 Å². The highest BCUT2D eigenvalue weighted by Crippen LogP contribution is 2.23. The minimum atomic E-state index is 0.615.